The highest BCUT2D eigenvalue weighted by molar-refractivity contribution is 7.53. The zero-order valence-electron chi connectivity index (χ0n) is 22.1. The Kier molecular flexibility index (Phi) is 15.0. The van der Waals surface area contributed by atoms with E-state index < -0.39 is 13.2 Å². The van der Waals surface area contributed by atoms with Crippen LogP contribution in [0.25, 0.3) is 0 Å². The molecule has 204 valence electrons. The number of nitrogens with zero attached hydrogens (tertiary/aromatic N) is 4. The molecule has 1 rings (SSSR count). The summed E-state index contributed by atoms with van der Waals surface area (Å²) in [5, 5.41) is 0. The van der Waals surface area contributed by atoms with Crippen molar-refractivity contribution in [3.05, 3.63) is 0 Å². The standard InChI is InChI=1S/C23H45N4O7P/c1-6-32-35(31,33-7-2)21-27-14-11-25(17-19-29)9-8-24(16-18-28)10-12-26(13-15-27)20-22(30)34-23(3,4)5/h18-19H,6-17,20-21H2,1-5H3. The van der Waals surface area contributed by atoms with Gasteiger partial charge in [0.05, 0.1) is 32.8 Å². The number of hydrogen-bond donors (Lipinski definition) is 0. The van der Waals surface area contributed by atoms with Crippen LogP contribution in [0.5, 0.6) is 0 Å². The summed E-state index contributed by atoms with van der Waals surface area (Å²) in [5.41, 5.74) is -0.581. The fourth-order valence-electron chi connectivity index (χ4n) is 3.77. The lowest BCUT2D eigenvalue weighted by Crippen LogP contribution is -2.48. The van der Waals surface area contributed by atoms with Gasteiger partial charge in [0.25, 0.3) is 0 Å². The first-order valence-electron chi connectivity index (χ1n) is 12.4. The van der Waals surface area contributed by atoms with Gasteiger partial charge >= 0.3 is 13.6 Å². The van der Waals surface area contributed by atoms with Gasteiger partial charge in [0, 0.05) is 52.4 Å². The SMILES string of the molecule is CCOP(=O)(CN1CCN(CC=O)CCN(CC=O)CCN(CC(=O)OC(C)(C)C)CC1)OCC. The highest BCUT2D eigenvalue weighted by Crippen LogP contribution is 2.48. The third-order valence-electron chi connectivity index (χ3n) is 5.39. The highest BCUT2D eigenvalue weighted by Gasteiger charge is 2.28. The van der Waals surface area contributed by atoms with Gasteiger partial charge in [-0.3, -0.25) is 29.0 Å². The van der Waals surface area contributed by atoms with E-state index in [1.807, 2.05) is 40.4 Å². The van der Waals surface area contributed by atoms with Crippen molar-refractivity contribution in [3.8, 4) is 0 Å². The van der Waals surface area contributed by atoms with Crippen molar-refractivity contribution < 1.29 is 32.7 Å². The van der Waals surface area contributed by atoms with Gasteiger partial charge < -0.3 is 23.4 Å². The molecule has 0 atom stereocenters. The normalized spacial score (nSPS) is 19.0. The summed E-state index contributed by atoms with van der Waals surface area (Å²) < 4.78 is 29.7. The maximum atomic E-state index is 13.2. The van der Waals surface area contributed by atoms with Crippen molar-refractivity contribution in [2.75, 3.05) is 91.5 Å². The van der Waals surface area contributed by atoms with Crippen molar-refractivity contribution in [3.63, 3.8) is 0 Å². The Morgan fingerprint density at radius 3 is 1.54 bits per heavy atom. The molecule has 1 aliphatic rings. The van der Waals surface area contributed by atoms with E-state index in [0.29, 0.717) is 52.4 Å². The van der Waals surface area contributed by atoms with E-state index in [0.717, 1.165) is 12.6 Å². The number of carbonyl (C=O) groups excluding carboxylic acids is 3. The predicted octanol–water partition coefficient (Wildman–Crippen LogP) is 1.17. The summed E-state index contributed by atoms with van der Waals surface area (Å²) >= 11 is 0. The van der Waals surface area contributed by atoms with Gasteiger partial charge in [-0.15, -0.1) is 0 Å². The number of hydrogen-bond acceptors (Lipinski definition) is 11. The van der Waals surface area contributed by atoms with Gasteiger partial charge in [-0.05, 0) is 34.6 Å². The molecule has 0 aliphatic carbocycles. The molecule has 0 amide bonds. The first kappa shape index (κ1) is 31.8. The molecule has 1 aliphatic heterocycles. The van der Waals surface area contributed by atoms with E-state index in [1.165, 1.54) is 0 Å². The summed E-state index contributed by atoms with van der Waals surface area (Å²) in [6.07, 6.45) is 1.87. The van der Waals surface area contributed by atoms with Gasteiger partial charge in [-0.2, -0.15) is 0 Å². The van der Waals surface area contributed by atoms with Crippen molar-refractivity contribution in [2.45, 2.75) is 40.2 Å². The second-order valence-corrected chi connectivity index (χ2v) is 11.5. The van der Waals surface area contributed by atoms with Crippen molar-refractivity contribution in [2.24, 2.45) is 0 Å². The third-order valence-corrected chi connectivity index (χ3v) is 7.44. The van der Waals surface area contributed by atoms with Crippen LogP contribution in [0, 0.1) is 0 Å². The Bertz CT molecular complexity index is 679. The Morgan fingerprint density at radius 1 is 0.771 bits per heavy atom. The van der Waals surface area contributed by atoms with E-state index in [2.05, 4.69) is 0 Å². The first-order chi connectivity index (χ1) is 16.5. The fraction of sp³-hybridized carbons (Fsp3) is 0.870. The van der Waals surface area contributed by atoms with E-state index in [9.17, 15) is 18.9 Å². The van der Waals surface area contributed by atoms with Gasteiger partial charge in [0.2, 0.25) is 0 Å². The molecule has 1 heterocycles. The Balaban J connectivity index is 3.06. The van der Waals surface area contributed by atoms with Crippen LogP contribution in [0.1, 0.15) is 34.6 Å². The minimum Gasteiger partial charge on any atom is -0.459 e. The van der Waals surface area contributed by atoms with E-state index in [1.54, 1.807) is 13.8 Å². The van der Waals surface area contributed by atoms with Crippen LogP contribution >= 0.6 is 7.60 Å². The smallest absolute Gasteiger partial charge is 0.344 e. The molecule has 1 saturated heterocycles. The summed E-state index contributed by atoms with van der Waals surface area (Å²) in [6, 6.07) is 0. The molecule has 0 aromatic rings. The largest absolute Gasteiger partial charge is 0.459 e. The van der Waals surface area contributed by atoms with E-state index >= 15 is 0 Å². The molecule has 12 heteroatoms. The zero-order valence-corrected chi connectivity index (χ0v) is 23.0. The molecule has 1 fully saturated rings. The number of esters is 1. The van der Waals surface area contributed by atoms with Crippen LogP contribution < -0.4 is 0 Å². The summed E-state index contributed by atoms with van der Waals surface area (Å²) in [5.74, 6) is -0.315. The Labute approximate surface area is 210 Å². The molecule has 0 saturated carbocycles. The lowest BCUT2D eigenvalue weighted by molar-refractivity contribution is -0.156. The van der Waals surface area contributed by atoms with Crippen molar-refractivity contribution in [1.29, 1.82) is 0 Å². The lowest BCUT2D eigenvalue weighted by Gasteiger charge is -2.34. The maximum Gasteiger partial charge on any atom is 0.344 e. The van der Waals surface area contributed by atoms with Crippen LogP contribution in [-0.2, 0) is 32.7 Å². The molecule has 11 nitrogen and oxygen atoms in total. The van der Waals surface area contributed by atoms with Crippen molar-refractivity contribution in [1.82, 2.24) is 19.6 Å². The average molecular weight is 521 g/mol. The van der Waals surface area contributed by atoms with Crippen LogP contribution in [0.3, 0.4) is 0 Å². The second-order valence-electron chi connectivity index (χ2n) is 9.50. The maximum absolute atomic E-state index is 13.2. The Hall–Kier alpha value is -1.20. The minimum absolute atomic E-state index is 0.117. The molecular weight excluding hydrogens is 475 g/mol. The van der Waals surface area contributed by atoms with Crippen LogP contribution in [0.4, 0.5) is 0 Å². The van der Waals surface area contributed by atoms with Crippen LogP contribution in [0.2, 0.25) is 0 Å². The molecule has 0 aromatic carbocycles. The summed E-state index contributed by atoms with van der Waals surface area (Å²) in [6.45, 7) is 14.8. The molecule has 0 radical (unpaired) electrons. The fourth-order valence-corrected chi connectivity index (χ4v) is 5.57. The number of aldehydes is 2. The lowest BCUT2D eigenvalue weighted by atomic mass is 10.2. The first-order valence-corrected chi connectivity index (χ1v) is 14.1. The van der Waals surface area contributed by atoms with Crippen LogP contribution in [-0.4, -0.2) is 135 Å². The van der Waals surface area contributed by atoms with Gasteiger partial charge in [-0.1, -0.05) is 0 Å². The van der Waals surface area contributed by atoms with Gasteiger partial charge in [0.15, 0.2) is 0 Å². The molecular formula is C23H45N4O7P. The monoisotopic (exact) mass is 520 g/mol. The molecule has 0 unspecified atom stereocenters. The molecule has 0 bridgehead atoms. The van der Waals surface area contributed by atoms with Crippen molar-refractivity contribution >= 4 is 26.1 Å². The highest BCUT2D eigenvalue weighted by atomic mass is 31.2. The predicted molar refractivity (Wildman–Crippen MR) is 135 cm³/mol. The Morgan fingerprint density at radius 2 is 1.17 bits per heavy atom. The molecule has 0 aromatic heterocycles. The van der Waals surface area contributed by atoms with E-state index in [4.69, 9.17) is 13.8 Å². The minimum atomic E-state index is -3.31. The zero-order chi connectivity index (χ0) is 26.3. The molecule has 0 N–H and O–H groups in total. The second kappa shape index (κ2) is 16.5. The summed E-state index contributed by atoms with van der Waals surface area (Å²) in [4.78, 5) is 43.0. The topological polar surface area (TPSA) is 109 Å². The van der Waals surface area contributed by atoms with Gasteiger partial charge in [0.1, 0.15) is 24.5 Å². The average Bonchev–Trinajstić information content (AvgIpc) is 2.74. The number of ether oxygens (including phenoxy) is 1. The molecule has 0 spiro atoms. The number of rotatable bonds is 12. The number of carbonyl (C=O) groups is 3. The third kappa shape index (κ3) is 14.2. The van der Waals surface area contributed by atoms with Crippen LogP contribution in [0.15, 0.2) is 0 Å². The quantitative estimate of drug-likeness (QED) is 0.210. The van der Waals surface area contributed by atoms with Gasteiger partial charge in [-0.25, -0.2) is 0 Å². The summed E-state index contributed by atoms with van der Waals surface area (Å²) in [7, 11) is -3.31. The van der Waals surface area contributed by atoms with E-state index in [-0.39, 0.29) is 45.1 Å². The molecule has 35 heavy (non-hydrogen) atoms.